The fourth-order valence-corrected chi connectivity index (χ4v) is 4.15. The fourth-order valence-electron chi connectivity index (χ4n) is 3.46. The minimum Gasteiger partial charge on any atom is -0.457 e. The van der Waals surface area contributed by atoms with Crippen LogP contribution in [0.5, 0.6) is 11.5 Å². The van der Waals surface area contributed by atoms with Gasteiger partial charge in [-0.25, -0.2) is 0 Å². The molecule has 0 unspecified atom stereocenters. The molecule has 1 fully saturated rings. The molecule has 1 aliphatic rings. The van der Waals surface area contributed by atoms with Crippen LogP contribution in [0.3, 0.4) is 0 Å². The van der Waals surface area contributed by atoms with Gasteiger partial charge in [0.25, 0.3) is 5.22 Å². The maximum atomic E-state index is 12.5. The van der Waals surface area contributed by atoms with Gasteiger partial charge in [0.15, 0.2) is 0 Å². The third kappa shape index (κ3) is 5.42. The van der Waals surface area contributed by atoms with E-state index in [0.29, 0.717) is 28.5 Å². The molecule has 1 N–H and O–H groups in total. The van der Waals surface area contributed by atoms with Gasteiger partial charge >= 0.3 is 0 Å². The first-order valence-electron chi connectivity index (χ1n) is 10.3. The van der Waals surface area contributed by atoms with Crippen molar-refractivity contribution in [3.8, 4) is 11.5 Å². The Kier molecular flexibility index (Phi) is 6.69. The van der Waals surface area contributed by atoms with Crippen molar-refractivity contribution in [1.29, 1.82) is 0 Å². The molecule has 1 aromatic heterocycles. The standard InChI is InChI=1S/C23H25N3O3S/c1-16(30-23-26-25-22(29-23)17-8-4-2-5-9-17)21(27)24-18-12-14-20(15-13-18)28-19-10-6-3-7-11-19/h3,6-7,10-17H,2,4-5,8-9H2,1H3,(H,24,27)/t16-/m0/s1. The van der Waals surface area contributed by atoms with Crippen LogP contribution in [0.1, 0.15) is 50.8 Å². The number of hydrogen-bond acceptors (Lipinski definition) is 6. The van der Waals surface area contributed by atoms with Crippen molar-refractivity contribution in [3.63, 3.8) is 0 Å². The number of nitrogens with zero attached hydrogens (tertiary/aromatic N) is 2. The van der Waals surface area contributed by atoms with E-state index >= 15 is 0 Å². The monoisotopic (exact) mass is 423 g/mol. The number of carbonyl (C=O) groups is 1. The number of thioether (sulfide) groups is 1. The first-order valence-corrected chi connectivity index (χ1v) is 11.2. The Labute approximate surface area is 180 Å². The molecule has 1 atom stereocenters. The molecule has 156 valence electrons. The molecule has 0 spiro atoms. The van der Waals surface area contributed by atoms with Crippen molar-refractivity contribution in [2.45, 2.75) is 55.4 Å². The SMILES string of the molecule is C[C@H](Sc1nnc(C2CCCCC2)o1)C(=O)Nc1ccc(Oc2ccccc2)cc1. The number of hydrogen-bond donors (Lipinski definition) is 1. The summed E-state index contributed by atoms with van der Waals surface area (Å²) in [6, 6.07) is 16.9. The van der Waals surface area contributed by atoms with Crippen molar-refractivity contribution in [2.75, 3.05) is 5.32 Å². The minimum absolute atomic E-state index is 0.117. The molecule has 7 heteroatoms. The summed E-state index contributed by atoms with van der Waals surface area (Å²) in [5.41, 5.74) is 0.710. The minimum atomic E-state index is -0.357. The number of anilines is 1. The fraction of sp³-hybridized carbons (Fsp3) is 0.348. The normalized spacial score (nSPS) is 15.5. The molecule has 30 heavy (non-hydrogen) atoms. The van der Waals surface area contributed by atoms with Crippen molar-refractivity contribution in [1.82, 2.24) is 10.2 Å². The quantitative estimate of drug-likeness (QED) is 0.468. The van der Waals surface area contributed by atoms with Crippen molar-refractivity contribution in [2.24, 2.45) is 0 Å². The van der Waals surface area contributed by atoms with Crippen LogP contribution in [0, 0.1) is 0 Å². The summed E-state index contributed by atoms with van der Waals surface area (Å²) in [5, 5.41) is 11.3. The molecular formula is C23H25N3O3S. The lowest BCUT2D eigenvalue weighted by Gasteiger charge is -2.17. The van der Waals surface area contributed by atoms with Crippen LogP contribution in [-0.2, 0) is 4.79 Å². The third-order valence-corrected chi connectivity index (χ3v) is 6.06. The molecule has 4 rings (SSSR count). The van der Waals surface area contributed by atoms with Crippen LogP contribution in [0.4, 0.5) is 5.69 Å². The first kappa shape index (κ1) is 20.5. The third-order valence-electron chi connectivity index (χ3n) is 5.12. The summed E-state index contributed by atoms with van der Waals surface area (Å²) in [6.45, 7) is 1.83. The van der Waals surface area contributed by atoms with E-state index in [4.69, 9.17) is 9.15 Å². The van der Waals surface area contributed by atoms with E-state index in [1.54, 1.807) is 0 Å². The van der Waals surface area contributed by atoms with E-state index < -0.39 is 0 Å². The van der Waals surface area contributed by atoms with Gasteiger partial charge in [-0.2, -0.15) is 0 Å². The number of rotatable bonds is 7. The molecule has 0 bridgehead atoms. The Balaban J connectivity index is 1.29. The number of nitrogens with one attached hydrogen (secondary N) is 1. The second kappa shape index (κ2) is 9.80. The summed E-state index contributed by atoms with van der Waals surface area (Å²) in [6.07, 6.45) is 5.91. The number of carbonyl (C=O) groups excluding carboxylic acids is 1. The molecule has 6 nitrogen and oxygen atoms in total. The van der Waals surface area contributed by atoms with Gasteiger partial charge in [0, 0.05) is 11.6 Å². The molecule has 0 aliphatic heterocycles. The van der Waals surface area contributed by atoms with Gasteiger partial charge in [-0.05, 0) is 56.2 Å². The highest BCUT2D eigenvalue weighted by molar-refractivity contribution is 8.00. The summed E-state index contributed by atoms with van der Waals surface area (Å²) < 4.78 is 11.6. The van der Waals surface area contributed by atoms with Crippen LogP contribution in [-0.4, -0.2) is 21.4 Å². The zero-order chi connectivity index (χ0) is 20.8. The highest BCUT2D eigenvalue weighted by atomic mass is 32.2. The predicted molar refractivity (Wildman–Crippen MR) is 117 cm³/mol. The average Bonchev–Trinajstić information content (AvgIpc) is 3.25. The van der Waals surface area contributed by atoms with Gasteiger partial charge in [0.1, 0.15) is 11.5 Å². The first-order chi connectivity index (χ1) is 14.7. The molecule has 0 saturated heterocycles. The van der Waals surface area contributed by atoms with Crippen molar-refractivity contribution in [3.05, 3.63) is 60.5 Å². The highest BCUT2D eigenvalue weighted by Gasteiger charge is 2.23. The number of aromatic nitrogens is 2. The van der Waals surface area contributed by atoms with Gasteiger partial charge in [-0.1, -0.05) is 49.2 Å². The van der Waals surface area contributed by atoms with Crippen LogP contribution < -0.4 is 10.1 Å². The van der Waals surface area contributed by atoms with Gasteiger partial charge < -0.3 is 14.5 Å². The van der Waals surface area contributed by atoms with E-state index in [9.17, 15) is 4.79 Å². The lowest BCUT2D eigenvalue weighted by atomic mass is 9.89. The van der Waals surface area contributed by atoms with E-state index in [1.165, 1.54) is 31.0 Å². The van der Waals surface area contributed by atoms with Gasteiger partial charge in [0.05, 0.1) is 5.25 Å². The zero-order valence-corrected chi connectivity index (χ0v) is 17.7. The zero-order valence-electron chi connectivity index (χ0n) is 16.9. The lowest BCUT2D eigenvalue weighted by Crippen LogP contribution is -2.22. The van der Waals surface area contributed by atoms with Gasteiger partial charge in [-0.15, -0.1) is 10.2 Å². The van der Waals surface area contributed by atoms with Gasteiger partial charge in [-0.3, -0.25) is 4.79 Å². The van der Waals surface area contributed by atoms with Crippen LogP contribution in [0.15, 0.2) is 64.2 Å². The molecular weight excluding hydrogens is 398 g/mol. The largest absolute Gasteiger partial charge is 0.457 e. The summed E-state index contributed by atoms with van der Waals surface area (Å²) >= 11 is 1.28. The average molecular weight is 424 g/mol. The molecule has 1 aliphatic carbocycles. The summed E-state index contributed by atoms with van der Waals surface area (Å²) in [7, 11) is 0. The molecule has 1 heterocycles. The smallest absolute Gasteiger partial charge is 0.277 e. The number of benzene rings is 2. The van der Waals surface area contributed by atoms with E-state index in [1.807, 2.05) is 61.5 Å². The molecule has 3 aromatic rings. The van der Waals surface area contributed by atoms with Crippen LogP contribution in [0.25, 0.3) is 0 Å². The van der Waals surface area contributed by atoms with Crippen LogP contribution in [0.2, 0.25) is 0 Å². The highest BCUT2D eigenvalue weighted by Crippen LogP contribution is 2.33. The molecule has 0 radical (unpaired) electrons. The summed E-state index contributed by atoms with van der Waals surface area (Å²) in [4.78, 5) is 12.5. The Hall–Kier alpha value is -2.80. The van der Waals surface area contributed by atoms with Crippen molar-refractivity contribution >= 4 is 23.4 Å². The number of ether oxygens (including phenoxy) is 1. The Morgan fingerprint density at radius 2 is 1.73 bits per heavy atom. The lowest BCUT2D eigenvalue weighted by molar-refractivity contribution is -0.115. The predicted octanol–water partition coefficient (Wildman–Crippen LogP) is 6.03. The molecule has 1 saturated carbocycles. The van der Waals surface area contributed by atoms with Crippen LogP contribution >= 0.6 is 11.8 Å². The van der Waals surface area contributed by atoms with Gasteiger partial charge in [0.2, 0.25) is 11.8 Å². The Morgan fingerprint density at radius 1 is 1.03 bits per heavy atom. The number of amides is 1. The van der Waals surface area contributed by atoms with E-state index in [-0.39, 0.29) is 11.2 Å². The van der Waals surface area contributed by atoms with E-state index in [0.717, 1.165) is 18.6 Å². The van der Waals surface area contributed by atoms with Crippen molar-refractivity contribution < 1.29 is 13.9 Å². The second-order valence-corrected chi connectivity index (χ2v) is 8.72. The maximum absolute atomic E-state index is 12.5. The summed E-state index contributed by atoms with van der Waals surface area (Å²) in [5.74, 6) is 2.43. The Bertz CT molecular complexity index is 953. The van der Waals surface area contributed by atoms with E-state index in [2.05, 4.69) is 15.5 Å². The topological polar surface area (TPSA) is 77.2 Å². The molecule has 2 aromatic carbocycles. The molecule has 1 amide bonds. The maximum Gasteiger partial charge on any atom is 0.277 e. The second-order valence-electron chi connectivity index (χ2n) is 7.43. The number of para-hydroxylation sites is 1. The Morgan fingerprint density at radius 3 is 2.47 bits per heavy atom.